The summed E-state index contributed by atoms with van der Waals surface area (Å²) in [4.78, 5) is 15.4. The molecule has 8 heteroatoms. The van der Waals surface area contributed by atoms with Gasteiger partial charge in [0.25, 0.3) is 13.4 Å². The van der Waals surface area contributed by atoms with Crippen molar-refractivity contribution in [3.8, 4) is 0 Å². The standard InChI is InChI=1S/C86H70B2N6/c1-55-45-59(5)85(60(6)46-55)93(73-41-25-21-29-57(73)3)67-49-79-83-81(51-67)91(65-35-17-11-18-36-65)77-54-78-72(53-71(77)87(83)69-39-23-27-43-75(69)89(79)63-31-13-9-14-32-63)88-70-40-24-28-44-76(70)90(64-33-15-10-16-34-64)80-50-68(52-82(84(80)88)92(78)66-37-19-12-20-38-66)94(74-42-26-22-30-58(74)4)86-61(7)47-56(2)48-62(86)8/h9-54H,1-8H3. The highest BCUT2D eigenvalue weighted by Gasteiger charge is 2.49. The summed E-state index contributed by atoms with van der Waals surface area (Å²) in [6, 6.07) is 105. The number of anilines is 18. The number of nitrogens with zero attached hydrogens (tertiary/aromatic N) is 6. The third-order valence-corrected chi connectivity index (χ3v) is 20.0. The van der Waals surface area contributed by atoms with Crippen molar-refractivity contribution < 1.29 is 0 Å². The van der Waals surface area contributed by atoms with E-state index in [1.807, 2.05) is 0 Å². The molecule has 0 fully saturated rings. The average Bonchev–Trinajstić information content (AvgIpc) is 0.687. The second-order valence-corrected chi connectivity index (χ2v) is 26.2. The monoisotopic (exact) mass is 1210 g/mol. The zero-order valence-electron chi connectivity index (χ0n) is 54.4. The van der Waals surface area contributed by atoms with E-state index in [1.54, 1.807) is 0 Å². The van der Waals surface area contributed by atoms with Crippen molar-refractivity contribution in [2.45, 2.75) is 55.4 Å². The summed E-state index contributed by atoms with van der Waals surface area (Å²) >= 11 is 0. The van der Waals surface area contributed by atoms with Crippen LogP contribution in [0.25, 0.3) is 0 Å². The van der Waals surface area contributed by atoms with Crippen LogP contribution in [0.1, 0.15) is 44.5 Å². The Morgan fingerprint density at radius 2 is 0.521 bits per heavy atom. The van der Waals surface area contributed by atoms with E-state index < -0.39 is 0 Å². The molecule has 0 spiro atoms. The molecule has 94 heavy (non-hydrogen) atoms. The van der Waals surface area contributed by atoms with Gasteiger partial charge in [0, 0.05) is 79.6 Å². The van der Waals surface area contributed by atoms with Crippen molar-refractivity contribution in [2.24, 2.45) is 0 Å². The van der Waals surface area contributed by atoms with E-state index in [1.165, 1.54) is 100 Å². The zero-order valence-corrected chi connectivity index (χ0v) is 54.4. The van der Waals surface area contributed by atoms with Gasteiger partial charge in [0.2, 0.25) is 0 Å². The van der Waals surface area contributed by atoms with Gasteiger partial charge in [0.1, 0.15) is 0 Å². The van der Waals surface area contributed by atoms with Gasteiger partial charge in [0.05, 0.1) is 22.7 Å². The minimum atomic E-state index is -0.165. The van der Waals surface area contributed by atoms with Crippen molar-refractivity contribution in [1.82, 2.24) is 0 Å². The largest absolute Gasteiger partial charge is 0.311 e. The Labute approximate surface area is 553 Å². The van der Waals surface area contributed by atoms with Crippen LogP contribution in [0.4, 0.5) is 102 Å². The number of hydrogen-bond acceptors (Lipinski definition) is 6. The maximum Gasteiger partial charge on any atom is 0.252 e. The summed E-state index contributed by atoms with van der Waals surface area (Å²) in [6.07, 6.45) is 0. The molecule has 4 aliphatic rings. The molecule has 4 aliphatic heterocycles. The van der Waals surface area contributed by atoms with Crippen LogP contribution in [0, 0.1) is 55.4 Å². The van der Waals surface area contributed by atoms with Gasteiger partial charge in [-0.1, -0.05) is 187 Å². The lowest BCUT2D eigenvalue weighted by Crippen LogP contribution is -2.65. The summed E-state index contributed by atoms with van der Waals surface area (Å²) in [5, 5.41) is 0. The molecule has 6 nitrogen and oxygen atoms in total. The molecule has 0 N–H and O–H groups in total. The predicted octanol–water partition coefficient (Wildman–Crippen LogP) is 19.3. The topological polar surface area (TPSA) is 19.4 Å². The molecule has 0 aromatic heterocycles. The number of fused-ring (bicyclic) bond motifs is 8. The molecule has 13 aromatic carbocycles. The molecule has 0 atom stereocenters. The third kappa shape index (κ3) is 8.87. The number of hydrogen-bond donors (Lipinski definition) is 0. The smallest absolute Gasteiger partial charge is 0.252 e. The fourth-order valence-electron chi connectivity index (χ4n) is 16.5. The molecule has 0 saturated carbocycles. The number of rotatable bonds is 10. The van der Waals surface area contributed by atoms with Crippen LogP contribution >= 0.6 is 0 Å². The highest BCUT2D eigenvalue weighted by molar-refractivity contribution is 7.03. The molecular weight excluding hydrogens is 1140 g/mol. The van der Waals surface area contributed by atoms with Crippen LogP contribution in [-0.2, 0) is 0 Å². The first kappa shape index (κ1) is 56.7. The van der Waals surface area contributed by atoms with Gasteiger partial charge < -0.3 is 29.4 Å². The summed E-state index contributed by atoms with van der Waals surface area (Å²) in [5.41, 5.74) is 37.8. The highest BCUT2D eigenvalue weighted by atomic mass is 15.2. The number of para-hydroxylation sites is 8. The molecular formula is C86H70B2N6. The summed E-state index contributed by atoms with van der Waals surface area (Å²) in [5.74, 6) is 0. The van der Waals surface area contributed by atoms with Crippen molar-refractivity contribution >= 4 is 149 Å². The van der Waals surface area contributed by atoms with Gasteiger partial charge in [-0.25, -0.2) is 0 Å². The molecule has 450 valence electrons. The van der Waals surface area contributed by atoms with E-state index >= 15 is 0 Å². The summed E-state index contributed by atoms with van der Waals surface area (Å²) in [7, 11) is 0. The predicted molar refractivity (Wildman–Crippen MR) is 402 cm³/mol. The lowest BCUT2D eigenvalue weighted by molar-refractivity contribution is 1.17. The molecule has 4 heterocycles. The molecule has 17 rings (SSSR count). The van der Waals surface area contributed by atoms with Crippen LogP contribution in [0.5, 0.6) is 0 Å². The van der Waals surface area contributed by atoms with E-state index in [9.17, 15) is 0 Å². The van der Waals surface area contributed by atoms with Crippen LogP contribution in [0.3, 0.4) is 0 Å². The second kappa shape index (κ2) is 22.3. The fraction of sp³-hybridized carbons (Fsp3) is 0.0930. The number of aryl methyl sites for hydroxylation is 8. The van der Waals surface area contributed by atoms with Crippen LogP contribution in [-0.4, -0.2) is 13.4 Å². The van der Waals surface area contributed by atoms with Crippen molar-refractivity contribution in [1.29, 1.82) is 0 Å². The minimum absolute atomic E-state index is 0.165. The van der Waals surface area contributed by atoms with Gasteiger partial charge in [-0.05, 0) is 225 Å². The van der Waals surface area contributed by atoms with Crippen molar-refractivity contribution in [3.05, 3.63) is 324 Å². The van der Waals surface area contributed by atoms with Crippen LogP contribution in [0.15, 0.2) is 279 Å². The van der Waals surface area contributed by atoms with Crippen molar-refractivity contribution in [2.75, 3.05) is 29.4 Å². The quantitative estimate of drug-likeness (QED) is 0.126. The average molecular weight is 1210 g/mol. The maximum atomic E-state index is 2.65. The molecule has 0 amide bonds. The Bertz CT molecular complexity index is 4820. The summed E-state index contributed by atoms with van der Waals surface area (Å²) < 4.78 is 0. The van der Waals surface area contributed by atoms with E-state index in [0.29, 0.717) is 0 Å². The van der Waals surface area contributed by atoms with Gasteiger partial charge >= 0.3 is 0 Å². The zero-order chi connectivity index (χ0) is 63.6. The van der Waals surface area contributed by atoms with Gasteiger partial charge in [-0.3, -0.25) is 0 Å². The molecule has 0 unspecified atom stereocenters. The Morgan fingerprint density at radius 1 is 0.234 bits per heavy atom. The molecule has 0 bridgehead atoms. The van der Waals surface area contributed by atoms with Crippen molar-refractivity contribution in [3.63, 3.8) is 0 Å². The fourth-order valence-corrected chi connectivity index (χ4v) is 16.5. The van der Waals surface area contributed by atoms with E-state index in [2.05, 4.69) is 364 Å². The van der Waals surface area contributed by atoms with Gasteiger partial charge in [0.15, 0.2) is 0 Å². The maximum absolute atomic E-state index is 2.65. The molecule has 0 saturated heterocycles. The Hall–Kier alpha value is -11.2. The van der Waals surface area contributed by atoms with Gasteiger partial charge in [-0.15, -0.1) is 0 Å². The lowest BCUT2D eigenvalue weighted by atomic mass is 9.30. The first-order valence-electron chi connectivity index (χ1n) is 33.0. The second-order valence-electron chi connectivity index (χ2n) is 26.2. The first-order valence-corrected chi connectivity index (χ1v) is 33.0. The molecule has 13 aromatic rings. The Morgan fingerprint density at radius 3 is 0.851 bits per heavy atom. The van der Waals surface area contributed by atoms with Crippen LogP contribution < -0.4 is 62.2 Å². The SMILES string of the molecule is Cc1cc(C)c(N(c2cc3c4c(c2)N(c2ccccc2)c2cc5c(cc2B4c2ccccc2N3c2ccccc2)B2c3ccccc3N(c3ccccc3)c3cc(N(c4ccccc4C)c4c(C)cc(C)cc4C)cc(c32)N5c2ccccc2)c2ccccc2C)c(C)c1. The minimum Gasteiger partial charge on any atom is -0.311 e. The highest BCUT2D eigenvalue weighted by Crippen LogP contribution is 2.53. The normalized spacial score (nSPS) is 13.0. The molecule has 0 aliphatic carbocycles. The van der Waals surface area contributed by atoms with Gasteiger partial charge in [-0.2, -0.15) is 0 Å². The van der Waals surface area contributed by atoms with E-state index in [4.69, 9.17) is 0 Å². The molecule has 0 radical (unpaired) electrons. The van der Waals surface area contributed by atoms with E-state index in [-0.39, 0.29) is 13.4 Å². The third-order valence-electron chi connectivity index (χ3n) is 20.0. The van der Waals surface area contributed by atoms with Crippen LogP contribution in [0.2, 0.25) is 0 Å². The Kier molecular flexibility index (Phi) is 13.5. The first-order chi connectivity index (χ1) is 46.0. The summed E-state index contributed by atoms with van der Waals surface area (Å²) in [6.45, 7) is 17.7. The lowest BCUT2D eigenvalue weighted by Gasteiger charge is -2.48. The Balaban J connectivity index is 1.01. The number of benzene rings is 13. The van der Waals surface area contributed by atoms with E-state index in [0.717, 1.165) is 79.6 Å².